The van der Waals surface area contributed by atoms with Gasteiger partial charge < -0.3 is 10.1 Å². The maximum atomic E-state index is 13.2. The molecule has 0 amide bonds. The van der Waals surface area contributed by atoms with Gasteiger partial charge in [0.25, 0.3) is 0 Å². The van der Waals surface area contributed by atoms with Gasteiger partial charge in [-0.05, 0) is 48.2 Å². The largest absolute Gasteiger partial charge is 0.497 e. The summed E-state index contributed by atoms with van der Waals surface area (Å²) in [7, 11) is 1.63. The number of methoxy groups -OCH3 is 1. The van der Waals surface area contributed by atoms with Crippen LogP contribution in [0.3, 0.4) is 0 Å². The van der Waals surface area contributed by atoms with E-state index in [4.69, 9.17) is 4.74 Å². The van der Waals surface area contributed by atoms with Crippen molar-refractivity contribution >= 4 is 5.69 Å². The fourth-order valence-corrected chi connectivity index (χ4v) is 2.64. The van der Waals surface area contributed by atoms with Gasteiger partial charge in [0, 0.05) is 11.8 Å². The van der Waals surface area contributed by atoms with Crippen molar-refractivity contribution in [2.45, 2.75) is 18.9 Å². The molecular weight excluding hydrogens is 260 g/mol. The third-order valence-corrected chi connectivity index (χ3v) is 3.69. The Hall–Kier alpha value is -2.10. The molecule has 1 aliphatic rings. The van der Waals surface area contributed by atoms with Gasteiger partial charge in [-0.15, -0.1) is 0 Å². The van der Waals surface area contributed by atoms with Gasteiger partial charge in [-0.1, -0.05) is 6.07 Å². The quantitative estimate of drug-likeness (QED) is 0.911. The average Bonchev–Trinajstić information content (AvgIpc) is 2.85. The summed E-state index contributed by atoms with van der Waals surface area (Å²) in [5, 5.41) is 3.25. The van der Waals surface area contributed by atoms with Crippen LogP contribution >= 0.6 is 0 Å². The SMILES string of the molecule is COc1ccc2c(c1)C(Nc1ccc(F)c(F)c1)CC2. The van der Waals surface area contributed by atoms with Gasteiger partial charge in [0.2, 0.25) is 0 Å². The number of anilines is 1. The fraction of sp³-hybridized carbons (Fsp3) is 0.250. The third kappa shape index (κ3) is 2.33. The molecule has 0 bridgehead atoms. The second-order valence-corrected chi connectivity index (χ2v) is 4.93. The van der Waals surface area contributed by atoms with Crippen LogP contribution in [0.15, 0.2) is 36.4 Å². The van der Waals surface area contributed by atoms with Crippen molar-refractivity contribution < 1.29 is 13.5 Å². The molecule has 2 aromatic carbocycles. The van der Waals surface area contributed by atoms with Gasteiger partial charge in [0.15, 0.2) is 11.6 Å². The van der Waals surface area contributed by atoms with Crippen LogP contribution in [0.5, 0.6) is 5.75 Å². The van der Waals surface area contributed by atoms with Crippen molar-refractivity contribution in [3.05, 3.63) is 59.2 Å². The van der Waals surface area contributed by atoms with Gasteiger partial charge in [0.1, 0.15) is 5.75 Å². The Balaban J connectivity index is 1.85. The molecule has 1 N–H and O–H groups in total. The third-order valence-electron chi connectivity index (χ3n) is 3.69. The molecule has 1 unspecified atom stereocenters. The van der Waals surface area contributed by atoms with E-state index in [2.05, 4.69) is 11.4 Å². The van der Waals surface area contributed by atoms with Crippen molar-refractivity contribution in [1.82, 2.24) is 0 Å². The molecule has 4 heteroatoms. The molecule has 0 saturated carbocycles. The summed E-state index contributed by atoms with van der Waals surface area (Å²) in [5.74, 6) is -0.856. The zero-order chi connectivity index (χ0) is 14.1. The van der Waals surface area contributed by atoms with Gasteiger partial charge in [0.05, 0.1) is 13.2 Å². The van der Waals surface area contributed by atoms with Crippen molar-refractivity contribution in [2.75, 3.05) is 12.4 Å². The average molecular weight is 275 g/mol. The molecule has 1 aliphatic carbocycles. The van der Waals surface area contributed by atoms with E-state index in [1.807, 2.05) is 12.1 Å². The molecule has 0 saturated heterocycles. The molecule has 0 heterocycles. The number of nitrogens with one attached hydrogen (secondary N) is 1. The maximum absolute atomic E-state index is 13.2. The Morgan fingerprint density at radius 3 is 2.70 bits per heavy atom. The number of hydrogen-bond acceptors (Lipinski definition) is 2. The Morgan fingerprint density at radius 1 is 1.10 bits per heavy atom. The maximum Gasteiger partial charge on any atom is 0.160 e. The number of benzene rings is 2. The standard InChI is InChI=1S/C16H15F2NO/c1-20-12-5-2-10-3-7-16(13(10)9-12)19-11-4-6-14(17)15(18)8-11/h2,4-6,8-9,16,19H,3,7H2,1H3. The van der Waals surface area contributed by atoms with E-state index in [1.54, 1.807) is 13.2 Å². The minimum Gasteiger partial charge on any atom is -0.497 e. The number of ether oxygens (including phenoxy) is 1. The van der Waals surface area contributed by atoms with E-state index in [0.29, 0.717) is 5.69 Å². The van der Waals surface area contributed by atoms with Crippen molar-refractivity contribution in [3.8, 4) is 5.75 Å². The highest BCUT2D eigenvalue weighted by atomic mass is 19.2. The molecule has 3 rings (SSSR count). The molecule has 0 aliphatic heterocycles. The summed E-state index contributed by atoms with van der Waals surface area (Å²) in [6.07, 6.45) is 1.90. The van der Waals surface area contributed by atoms with E-state index < -0.39 is 11.6 Å². The Labute approximate surface area is 116 Å². The molecule has 1 atom stereocenters. The normalized spacial score (nSPS) is 16.9. The highest BCUT2D eigenvalue weighted by Crippen LogP contribution is 2.36. The van der Waals surface area contributed by atoms with Gasteiger partial charge in [-0.25, -0.2) is 8.78 Å². The van der Waals surface area contributed by atoms with E-state index in [0.717, 1.165) is 30.2 Å². The number of halogens is 2. The number of fused-ring (bicyclic) bond motifs is 1. The van der Waals surface area contributed by atoms with Gasteiger partial charge >= 0.3 is 0 Å². The van der Waals surface area contributed by atoms with E-state index >= 15 is 0 Å². The first-order chi connectivity index (χ1) is 9.67. The van der Waals surface area contributed by atoms with E-state index in [1.165, 1.54) is 11.6 Å². The fourth-order valence-electron chi connectivity index (χ4n) is 2.64. The molecule has 0 spiro atoms. The lowest BCUT2D eigenvalue weighted by molar-refractivity contribution is 0.414. The summed E-state index contributed by atoms with van der Waals surface area (Å²) in [6, 6.07) is 9.98. The minimum absolute atomic E-state index is 0.102. The number of hydrogen-bond donors (Lipinski definition) is 1. The van der Waals surface area contributed by atoms with E-state index in [-0.39, 0.29) is 6.04 Å². The van der Waals surface area contributed by atoms with Crippen LogP contribution in [0.2, 0.25) is 0 Å². The molecule has 0 aromatic heterocycles. The molecule has 0 fully saturated rings. The van der Waals surface area contributed by atoms with Crippen LogP contribution in [0.4, 0.5) is 14.5 Å². The summed E-state index contributed by atoms with van der Waals surface area (Å²) in [4.78, 5) is 0. The molecule has 104 valence electrons. The second-order valence-electron chi connectivity index (χ2n) is 4.93. The topological polar surface area (TPSA) is 21.3 Å². The first kappa shape index (κ1) is 12.9. The molecule has 0 radical (unpaired) electrons. The van der Waals surface area contributed by atoms with Crippen LogP contribution in [-0.4, -0.2) is 7.11 Å². The molecular formula is C16H15F2NO. The number of rotatable bonds is 3. The van der Waals surface area contributed by atoms with Crippen molar-refractivity contribution in [3.63, 3.8) is 0 Å². The lowest BCUT2D eigenvalue weighted by atomic mass is 10.1. The lowest BCUT2D eigenvalue weighted by Gasteiger charge is -2.16. The van der Waals surface area contributed by atoms with Gasteiger partial charge in [-0.3, -0.25) is 0 Å². The zero-order valence-corrected chi connectivity index (χ0v) is 11.1. The summed E-state index contributed by atoms with van der Waals surface area (Å²) in [6.45, 7) is 0. The summed E-state index contributed by atoms with van der Waals surface area (Å²) in [5.41, 5.74) is 3.02. The second kappa shape index (κ2) is 5.12. The summed E-state index contributed by atoms with van der Waals surface area (Å²) < 4.78 is 31.4. The molecule has 20 heavy (non-hydrogen) atoms. The van der Waals surface area contributed by atoms with Crippen LogP contribution in [0.1, 0.15) is 23.6 Å². The minimum atomic E-state index is -0.834. The molecule has 2 aromatic rings. The zero-order valence-electron chi connectivity index (χ0n) is 11.1. The smallest absolute Gasteiger partial charge is 0.160 e. The van der Waals surface area contributed by atoms with E-state index in [9.17, 15) is 8.78 Å². The number of aryl methyl sites for hydroxylation is 1. The monoisotopic (exact) mass is 275 g/mol. The highest BCUT2D eigenvalue weighted by Gasteiger charge is 2.23. The predicted molar refractivity (Wildman–Crippen MR) is 74.0 cm³/mol. The Kier molecular flexibility index (Phi) is 3.30. The summed E-state index contributed by atoms with van der Waals surface area (Å²) >= 11 is 0. The van der Waals surface area contributed by atoms with Crippen LogP contribution < -0.4 is 10.1 Å². The predicted octanol–water partition coefficient (Wildman–Crippen LogP) is 4.07. The highest BCUT2D eigenvalue weighted by molar-refractivity contribution is 5.50. The van der Waals surface area contributed by atoms with Gasteiger partial charge in [-0.2, -0.15) is 0 Å². The molecule has 2 nitrogen and oxygen atoms in total. The van der Waals surface area contributed by atoms with Crippen molar-refractivity contribution in [2.24, 2.45) is 0 Å². The Morgan fingerprint density at radius 2 is 1.95 bits per heavy atom. The van der Waals surface area contributed by atoms with Crippen LogP contribution in [0.25, 0.3) is 0 Å². The van der Waals surface area contributed by atoms with Crippen molar-refractivity contribution in [1.29, 1.82) is 0 Å². The first-order valence-corrected chi connectivity index (χ1v) is 6.56. The van der Waals surface area contributed by atoms with Crippen LogP contribution in [-0.2, 0) is 6.42 Å². The van der Waals surface area contributed by atoms with Crippen LogP contribution in [0, 0.1) is 11.6 Å². The lowest BCUT2D eigenvalue weighted by Crippen LogP contribution is -2.07. The Bertz CT molecular complexity index is 642. The first-order valence-electron chi connectivity index (χ1n) is 6.56.